The highest BCUT2D eigenvalue weighted by Crippen LogP contribution is 2.76. The molecule has 6 fully saturated rings. The maximum absolute atomic E-state index is 13.6. The number of nitrogens with one attached hydrogen (secondary N) is 2. The van der Waals surface area contributed by atoms with E-state index < -0.39 is 17.4 Å². The van der Waals surface area contributed by atoms with E-state index in [1.165, 1.54) is 18.4 Å². The van der Waals surface area contributed by atoms with Crippen molar-refractivity contribution in [2.45, 2.75) is 151 Å². The van der Waals surface area contributed by atoms with Gasteiger partial charge in [-0.2, -0.15) is 0 Å². The number of carboxylic acid groups (broad SMARTS) is 1. The Morgan fingerprint density at radius 2 is 1.56 bits per heavy atom. The topological polar surface area (TPSA) is 114 Å². The van der Waals surface area contributed by atoms with Crippen molar-refractivity contribution in [1.82, 2.24) is 10.6 Å². The van der Waals surface area contributed by atoms with E-state index >= 15 is 0 Å². The fourth-order valence-corrected chi connectivity index (χ4v) is 13.6. The second-order valence-corrected chi connectivity index (χ2v) is 19.9. The van der Waals surface area contributed by atoms with Crippen molar-refractivity contribution in [2.24, 2.45) is 62.6 Å². The molecular formula is C42H68N2O6. The molecule has 0 bridgehead atoms. The summed E-state index contributed by atoms with van der Waals surface area (Å²) in [5, 5.41) is 16.5. The predicted molar refractivity (Wildman–Crippen MR) is 195 cm³/mol. The predicted octanol–water partition coefficient (Wildman–Crippen LogP) is 8.53. The lowest BCUT2D eigenvalue weighted by Crippen LogP contribution is -2.69. The summed E-state index contributed by atoms with van der Waals surface area (Å²) in [6.07, 6.45) is 12.5. The van der Waals surface area contributed by atoms with Gasteiger partial charge in [0.1, 0.15) is 6.10 Å². The first-order chi connectivity index (χ1) is 23.3. The number of amides is 2. The Kier molecular flexibility index (Phi) is 9.86. The molecule has 50 heavy (non-hydrogen) atoms. The van der Waals surface area contributed by atoms with E-state index in [0.29, 0.717) is 35.5 Å². The van der Waals surface area contributed by atoms with Gasteiger partial charge < -0.3 is 25.2 Å². The fourth-order valence-electron chi connectivity index (χ4n) is 13.6. The van der Waals surface area contributed by atoms with Crippen LogP contribution in [-0.2, 0) is 19.1 Å². The van der Waals surface area contributed by atoms with Crippen LogP contribution in [0.2, 0.25) is 0 Å². The van der Waals surface area contributed by atoms with Gasteiger partial charge in [0.2, 0.25) is 0 Å². The van der Waals surface area contributed by atoms with Gasteiger partial charge in [-0.05, 0) is 150 Å². The zero-order chi connectivity index (χ0) is 36.5. The lowest BCUT2D eigenvalue weighted by atomic mass is 9.32. The molecule has 0 aromatic carbocycles. The van der Waals surface area contributed by atoms with Crippen LogP contribution in [0.4, 0.5) is 4.79 Å². The summed E-state index contributed by atoms with van der Waals surface area (Å²) in [5.74, 6) is 1.48. The highest BCUT2D eigenvalue weighted by atomic mass is 16.5. The zero-order valence-electron chi connectivity index (χ0n) is 32.6. The molecule has 0 aromatic rings. The third-order valence-corrected chi connectivity index (χ3v) is 16.7. The number of rotatable bonds is 8. The molecule has 0 spiro atoms. The molecular weight excluding hydrogens is 628 g/mol. The molecule has 6 rings (SSSR count). The Labute approximate surface area is 302 Å². The average Bonchev–Trinajstić information content (AvgIpc) is 3.41. The Morgan fingerprint density at radius 1 is 0.860 bits per heavy atom. The fraction of sp³-hybridized carbons (Fsp3) is 0.881. The van der Waals surface area contributed by atoms with E-state index in [-0.39, 0.29) is 45.8 Å². The average molecular weight is 697 g/mol. The minimum atomic E-state index is -1.14. The summed E-state index contributed by atoms with van der Waals surface area (Å²) in [6.45, 7) is 24.6. The van der Waals surface area contributed by atoms with Crippen LogP contribution in [-0.4, -0.2) is 54.5 Å². The quantitative estimate of drug-likeness (QED) is 0.173. The van der Waals surface area contributed by atoms with Gasteiger partial charge in [-0.1, -0.05) is 46.8 Å². The molecule has 5 aliphatic carbocycles. The summed E-state index contributed by atoms with van der Waals surface area (Å²) in [4.78, 5) is 38.4. The largest absolute Gasteiger partial charge is 0.481 e. The van der Waals surface area contributed by atoms with E-state index in [0.717, 1.165) is 84.0 Å². The molecule has 8 nitrogen and oxygen atoms in total. The van der Waals surface area contributed by atoms with Crippen molar-refractivity contribution >= 4 is 18.0 Å². The van der Waals surface area contributed by atoms with Crippen LogP contribution in [0.3, 0.4) is 0 Å². The molecule has 2 amide bonds. The molecule has 8 unspecified atom stereocenters. The molecule has 1 heterocycles. The number of carboxylic acids is 1. The number of carbonyl (C=O) groups is 3. The summed E-state index contributed by atoms with van der Waals surface area (Å²) in [5.41, 5.74) is 0.211. The Balaban J connectivity index is 1.21. The lowest BCUT2D eigenvalue weighted by molar-refractivity contribution is -0.246. The molecule has 3 N–H and O–H groups in total. The van der Waals surface area contributed by atoms with E-state index in [4.69, 9.17) is 9.47 Å². The van der Waals surface area contributed by atoms with Gasteiger partial charge in [0.15, 0.2) is 0 Å². The molecule has 10 atom stereocenters. The summed E-state index contributed by atoms with van der Waals surface area (Å²) in [7, 11) is 0. The Bertz CT molecular complexity index is 1350. The first-order valence-corrected chi connectivity index (χ1v) is 20.0. The van der Waals surface area contributed by atoms with Gasteiger partial charge in [0, 0.05) is 30.7 Å². The van der Waals surface area contributed by atoms with Gasteiger partial charge in [-0.15, -0.1) is 0 Å². The molecule has 0 radical (unpaired) electrons. The number of urea groups is 1. The number of hydrogen-bond acceptors (Lipinski definition) is 5. The number of carbonyl (C=O) groups excluding carboxylic acids is 2. The van der Waals surface area contributed by atoms with Crippen LogP contribution >= 0.6 is 0 Å². The molecule has 5 saturated carbocycles. The van der Waals surface area contributed by atoms with E-state index in [2.05, 4.69) is 58.8 Å². The van der Waals surface area contributed by atoms with Crippen LogP contribution in [0.15, 0.2) is 12.2 Å². The number of aliphatic carboxylic acids is 1. The number of allylic oxidation sites excluding steroid dienone is 1. The normalized spacial score (nSPS) is 42.6. The summed E-state index contributed by atoms with van der Waals surface area (Å²) in [6, 6.07) is 0.00610. The molecule has 1 aliphatic heterocycles. The third-order valence-electron chi connectivity index (χ3n) is 16.7. The molecule has 8 heteroatoms. The SMILES string of the molecule is C=C(C)[C@@H]1CCC2(NC(=O)NCC3CCOCC3)CC[C@]3(C)C(CCC4C5(C)CCC(OC(=O)CC(C)(C)C(=O)O)C(C)(C)C5CCC43C)C12. The van der Waals surface area contributed by atoms with Crippen molar-refractivity contribution in [3.63, 3.8) is 0 Å². The number of hydrogen-bond donors (Lipinski definition) is 3. The lowest BCUT2D eigenvalue weighted by Gasteiger charge is -2.73. The van der Waals surface area contributed by atoms with Crippen molar-refractivity contribution < 1.29 is 29.0 Å². The Hall–Kier alpha value is -2.09. The minimum absolute atomic E-state index is 0.00610. The standard InChI is InChI=1S/C42H68N2O6/c1-26(2)28-12-19-42(44-36(48)43-25-27-15-22-49-23-16-27)21-20-40(8)29(34(28)42)10-11-31-39(7)17-14-32(50-33(45)24-37(3,4)35(46)47)38(5,6)30(39)13-18-41(31,40)9/h27-32,34H,1,10-25H2,2-9H3,(H,46,47)(H2,43,44,48)/t28-,29?,30?,31?,32?,34?,39?,40+,41?,42?/m0/s1. The first kappa shape index (κ1) is 37.7. The van der Waals surface area contributed by atoms with Crippen molar-refractivity contribution in [1.29, 1.82) is 0 Å². The molecule has 282 valence electrons. The van der Waals surface area contributed by atoms with E-state index in [1.807, 2.05) is 0 Å². The molecule has 6 aliphatic rings. The number of fused-ring (bicyclic) bond motifs is 7. The first-order valence-electron chi connectivity index (χ1n) is 20.0. The highest BCUT2D eigenvalue weighted by Gasteiger charge is 2.71. The van der Waals surface area contributed by atoms with Gasteiger partial charge in [0.05, 0.1) is 11.8 Å². The van der Waals surface area contributed by atoms with Gasteiger partial charge in [0.25, 0.3) is 0 Å². The summed E-state index contributed by atoms with van der Waals surface area (Å²) >= 11 is 0. The van der Waals surface area contributed by atoms with Gasteiger partial charge in [-0.3, -0.25) is 9.59 Å². The second kappa shape index (κ2) is 13.1. The van der Waals surface area contributed by atoms with Gasteiger partial charge >= 0.3 is 18.0 Å². The van der Waals surface area contributed by atoms with Gasteiger partial charge in [-0.25, -0.2) is 4.79 Å². The van der Waals surface area contributed by atoms with Crippen molar-refractivity contribution in [3.8, 4) is 0 Å². The zero-order valence-corrected chi connectivity index (χ0v) is 32.6. The van der Waals surface area contributed by atoms with Crippen LogP contribution in [0.5, 0.6) is 0 Å². The highest BCUT2D eigenvalue weighted by molar-refractivity contribution is 5.81. The third kappa shape index (κ3) is 6.03. The van der Waals surface area contributed by atoms with Crippen molar-refractivity contribution in [3.05, 3.63) is 12.2 Å². The maximum atomic E-state index is 13.6. The smallest absolute Gasteiger partial charge is 0.315 e. The minimum Gasteiger partial charge on any atom is -0.481 e. The maximum Gasteiger partial charge on any atom is 0.315 e. The summed E-state index contributed by atoms with van der Waals surface area (Å²) < 4.78 is 11.7. The molecule has 1 saturated heterocycles. The number of ether oxygens (including phenoxy) is 2. The van der Waals surface area contributed by atoms with E-state index in [9.17, 15) is 19.5 Å². The van der Waals surface area contributed by atoms with Crippen molar-refractivity contribution in [2.75, 3.05) is 19.8 Å². The second-order valence-electron chi connectivity index (χ2n) is 19.9. The monoisotopic (exact) mass is 697 g/mol. The van der Waals surface area contributed by atoms with Crippen LogP contribution in [0.25, 0.3) is 0 Å². The van der Waals surface area contributed by atoms with Crippen LogP contribution in [0.1, 0.15) is 139 Å². The number of esters is 1. The van der Waals surface area contributed by atoms with Crippen LogP contribution in [0, 0.1) is 62.6 Å². The molecule has 0 aromatic heterocycles. The Morgan fingerprint density at radius 3 is 2.22 bits per heavy atom. The van der Waals surface area contributed by atoms with Crippen LogP contribution < -0.4 is 10.6 Å². The van der Waals surface area contributed by atoms with E-state index in [1.54, 1.807) is 13.8 Å².